The van der Waals surface area contributed by atoms with E-state index >= 15 is 0 Å². The van der Waals surface area contributed by atoms with Crippen LogP contribution in [0.25, 0.3) is 0 Å². The summed E-state index contributed by atoms with van der Waals surface area (Å²) in [7, 11) is 0. The van der Waals surface area contributed by atoms with Crippen molar-refractivity contribution in [3.8, 4) is 0 Å². The summed E-state index contributed by atoms with van der Waals surface area (Å²) in [5.74, 6) is 1.21. The largest absolute Gasteiger partial charge is 0.384 e. The summed E-state index contributed by atoms with van der Waals surface area (Å²) in [4.78, 5) is 1.17. The van der Waals surface area contributed by atoms with Gasteiger partial charge in [-0.05, 0) is 55.5 Å². The van der Waals surface area contributed by atoms with Gasteiger partial charge in [-0.25, -0.2) is 0 Å². The average Bonchev–Trinajstić information content (AvgIpc) is 2.65. The summed E-state index contributed by atoms with van der Waals surface area (Å²) in [6.07, 6.45) is 4.95. The Morgan fingerprint density at radius 1 is 1.44 bits per heavy atom. The molecule has 0 saturated heterocycles. The molecule has 0 bridgehead atoms. The number of hydrogen-bond acceptors (Lipinski definition) is 2. The minimum atomic E-state index is -0.618. The van der Waals surface area contributed by atoms with E-state index in [9.17, 15) is 5.11 Å². The third-order valence-corrected chi connectivity index (χ3v) is 5.30. The fraction of sp³-hybridized carbons (Fsp3) is 0.714. The van der Waals surface area contributed by atoms with Crippen LogP contribution in [-0.2, 0) is 5.60 Å². The van der Waals surface area contributed by atoms with Crippen LogP contribution in [0.5, 0.6) is 0 Å². The van der Waals surface area contributed by atoms with E-state index in [1.165, 1.54) is 36.1 Å². The van der Waals surface area contributed by atoms with Crippen LogP contribution in [0.3, 0.4) is 0 Å². The summed E-state index contributed by atoms with van der Waals surface area (Å²) in [6, 6.07) is 2.11. The Hall–Kier alpha value is -0.340. The molecule has 3 unspecified atom stereocenters. The van der Waals surface area contributed by atoms with E-state index in [0.717, 1.165) is 5.92 Å². The first kappa shape index (κ1) is 12.1. The highest BCUT2D eigenvalue weighted by molar-refractivity contribution is 7.10. The van der Waals surface area contributed by atoms with Gasteiger partial charge in [-0.2, -0.15) is 0 Å². The van der Waals surface area contributed by atoms with Crippen molar-refractivity contribution in [2.75, 3.05) is 0 Å². The van der Waals surface area contributed by atoms with Crippen LogP contribution in [0.1, 0.15) is 50.0 Å². The number of hydrogen-bond donors (Lipinski definition) is 1. The molecule has 0 aromatic carbocycles. The van der Waals surface area contributed by atoms with Crippen molar-refractivity contribution in [1.82, 2.24) is 0 Å². The summed E-state index contributed by atoms with van der Waals surface area (Å²) in [5.41, 5.74) is 0.626. The van der Waals surface area contributed by atoms with E-state index < -0.39 is 5.60 Å². The maximum absolute atomic E-state index is 10.8. The molecule has 1 aromatic heterocycles. The minimum absolute atomic E-state index is 0.439. The lowest BCUT2D eigenvalue weighted by Crippen LogP contribution is -2.34. The lowest BCUT2D eigenvalue weighted by molar-refractivity contribution is -0.0267. The van der Waals surface area contributed by atoms with E-state index in [1.807, 2.05) is 6.92 Å². The van der Waals surface area contributed by atoms with Crippen LogP contribution in [0.2, 0.25) is 0 Å². The highest BCUT2D eigenvalue weighted by Gasteiger charge is 2.37. The summed E-state index contributed by atoms with van der Waals surface area (Å²) < 4.78 is 0. The van der Waals surface area contributed by atoms with Gasteiger partial charge < -0.3 is 5.11 Å². The number of rotatable bonds is 2. The second-order valence-electron chi connectivity index (χ2n) is 5.55. The van der Waals surface area contributed by atoms with Gasteiger partial charge in [-0.3, -0.25) is 0 Å². The monoisotopic (exact) mass is 238 g/mol. The fourth-order valence-electron chi connectivity index (χ4n) is 3.02. The van der Waals surface area contributed by atoms with E-state index in [0.29, 0.717) is 5.92 Å². The van der Waals surface area contributed by atoms with Crippen LogP contribution in [0.15, 0.2) is 11.4 Å². The van der Waals surface area contributed by atoms with Crippen molar-refractivity contribution >= 4 is 11.3 Å². The number of thiophene rings is 1. The summed E-state index contributed by atoms with van der Waals surface area (Å²) >= 11 is 1.70. The first-order valence-corrected chi connectivity index (χ1v) is 7.16. The topological polar surface area (TPSA) is 20.2 Å². The Bertz CT molecular complexity index is 353. The number of aliphatic hydroxyl groups is 1. The molecular formula is C14H22OS. The molecule has 16 heavy (non-hydrogen) atoms. The van der Waals surface area contributed by atoms with Gasteiger partial charge in [0.15, 0.2) is 0 Å². The molecular weight excluding hydrogens is 216 g/mol. The molecule has 1 nitrogen and oxygen atoms in total. The predicted molar refractivity (Wildman–Crippen MR) is 69.7 cm³/mol. The zero-order chi connectivity index (χ0) is 11.8. The van der Waals surface area contributed by atoms with Gasteiger partial charge in [0.2, 0.25) is 0 Å². The molecule has 1 saturated carbocycles. The third kappa shape index (κ3) is 2.18. The fourth-order valence-corrected chi connectivity index (χ4v) is 4.09. The Kier molecular flexibility index (Phi) is 3.41. The van der Waals surface area contributed by atoms with Crippen LogP contribution >= 0.6 is 11.3 Å². The van der Waals surface area contributed by atoms with E-state index in [2.05, 4.69) is 25.3 Å². The molecule has 0 spiro atoms. The van der Waals surface area contributed by atoms with Crippen molar-refractivity contribution in [3.05, 3.63) is 21.9 Å². The molecule has 1 heterocycles. The van der Waals surface area contributed by atoms with Gasteiger partial charge in [0.1, 0.15) is 0 Å². The Morgan fingerprint density at radius 3 is 2.75 bits per heavy atom. The Labute approximate surface area is 103 Å². The molecule has 1 aliphatic rings. The van der Waals surface area contributed by atoms with Crippen molar-refractivity contribution in [3.63, 3.8) is 0 Å². The standard InChI is InChI=1S/C14H22OS/c1-10-5-4-6-12(9-10)14(3,15)13-11(2)7-8-16-13/h7-8,10,12,15H,4-6,9H2,1-3H3. The second-order valence-corrected chi connectivity index (χ2v) is 6.47. The van der Waals surface area contributed by atoms with Crippen LogP contribution in [0.4, 0.5) is 0 Å². The van der Waals surface area contributed by atoms with Crippen LogP contribution in [-0.4, -0.2) is 5.11 Å². The molecule has 0 radical (unpaired) electrons. The zero-order valence-electron chi connectivity index (χ0n) is 10.5. The van der Waals surface area contributed by atoms with Gasteiger partial charge >= 0.3 is 0 Å². The summed E-state index contributed by atoms with van der Waals surface area (Å²) in [6.45, 7) is 6.42. The normalized spacial score (nSPS) is 30.0. The van der Waals surface area contributed by atoms with Crippen molar-refractivity contribution in [2.24, 2.45) is 11.8 Å². The molecule has 1 aromatic rings. The SMILES string of the molecule is Cc1ccsc1C(C)(O)C1CCCC(C)C1. The van der Waals surface area contributed by atoms with Gasteiger partial charge in [0.25, 0.3) is 0 Å². The van der Waals surface area contributed by atoms with Gasteiger partial charge in [0, 0.05) is 4.88 Å². The maximum atomic E-state index is 10.8. The Morgan fingerprint density at radius 2 is 2.19 bits per heavy atom. The minimum Gasteiger partial charge on any atom is -0.384 e. The molecule has 1 fully saturated rings. The first-order valence-electron chi connectivity index (χ1n) is 6.28. The highest BCUT2D eigenvalue weighted by atomic mass is 32.1. The zero-order valence-corrected chi connectivity index (χ0v) is 11.3. The predicted octanol–water partition coefficient (Wildman–Crippen LogP) is 4.09. The van der Waals surface area contributed by atoms with Gasteiger partial charge in [0.05, 0.1) is 5.60 Å². The van der Waals surface area contributed by atoms with E-state index in [-0.39, 0.29) is 0 Å². The molecule has 2 heteroatoms. The van der Waals surface area contributed by atoms with Crippen molar-refractivity contribution in [1.29, 1.82) is 0 Å². The van der Waals surface area contributed by atoms with Crippen LogP contribution < -0.4 is 0 Å². The van der Waals surface area contributed by atoms with E-state index in [4.69, 9.17) is 0 Å². The third-order valence-electron chi connectivity index (χ3n) is 4.05. The maximum Gasteiger partial charge on any atom is 0.0990 e. The molecule has 0 aliphatic heterocycles. The quantitative estimate of drug-likeness (QED) is 0.822. The Balaban J connectivity index is 2.21. The van der Waals surface area contributed by atoms with Gasteiger partial charge in [-0.1, -0.05) is 19.8 Å². The van der Waals surface area contributed by atoms with E-state index in [1.54, 1.807) is 11.3 Å². The smallest absolute Gasteiger partial charge is 0.0990 e. The second kappa shape index (κ2) is 4.50. The van der Waals surface area contributed by atoms with Crippen molar-refractivity contribution in [2.45, 2.75) is 52.1 Å². The first-order chi connectivity index (χ1) is 7.51. The molecule has 0 amide bonds. The molecule has 90 valence electrons. The average molecular weight is 238 g/mol. The lowest BCUT2D eigenvalue weighted by atomic mass is 9.73. The lowest BCUT2D eigenvalue weighted by Gasteiger charge is -2.37. The molecule has 1 aliphatic carbocycles. The number of aryl methyl sites for hydroxylation is 1. The van der Waals surface area contributed by atoms with Crippen LogP contribution in [0, 0.1) is 18.8 Å². The highest BCUT2D eigenvalue weighted by Crippen LogP contribution is 2.43. The molecule has 2 rings (SSSR count). The summed E-state index contributed by atoms with van der Waals surface area (Å²) in [5, 5.41) is 12.9. The van der Waals surface area contributed by atoms with Crippen molar-refractivity contribution < 1.29 is 5.11 Å². The van der Waals surface area contributed by atoms with Gasteiger partial charge in [-0.15, -0.1) is 11.3 Å². The molecule has 3 atom stereocenters. The molecule has 1 N–H and O–H groups in total.